The number of nitrogens with zero attached hydrogens (tertiary/aromatic N) is 4. The Morgan fingerprint density at radius 1 is 1.10 bits per heavy atom. The van der Waals surface area contributed by atoms with Crippen LogP contribution in [0.5, 0.6) is 5.75 Å². The fraction of sp³-hybridized carbons (Fsp3) is 0.409. The minimum absolute atomic E-state index is 0.000432. The molecule has 30 heavy (non-hydrogen) atoms. The molecule has 2 aromatic rings. The maximum absolute atomic E-state index is 12.5. The number of amides is 3. The van der Waals surface area contributed by atoms with E-state index in [1.807, 2.05) is 67.3 Å². The Labute approximate surface area is 176 Å². The lowest BCUT2D eigenvalue weighted by molar-refractivity contribution is -0.144. The summed E-state index contributed by atoms with van der Waals surface area (Å²) in [5.41, 5.74) is 2.94. The summed E-state index contributed by atoms with van der Waals surface area (Å²) in [5.74, 6) is 0.850. The van der Waals surface area contributed by atoms with Gasteiger partial charge in [0.05, 0.1) is 19.1 Å². The lowest BCUT2D eigenvalue weighted by Gasteiger charge is -2.41. The number of urea groups is 1. The van der Waals surface area contributed by atoms with Gasteiger partial charge in [-0.1, -0.05) is 0 Å². The van der Waals surface area contributed by atoms with Gasteiger partial charge in [-0.3, -0.25) is 14.7 Å². The highest BCUT2D eigenvalue weighted by Gasteiger charge is 2.35. The summed E-state index contributed by atoms with van der Waals surface area (Å²) < 4.78 is 5.94. The first-order valence-electron chi connectivity index (χ1n) is 10.1. The first kappa shape index (κ1) is 20.2. The van der Waals surface area contributed by atoms with Crippen LogP contribution in [0.4, 0.5) is 10.5 Å². The molecule has 3 heterocycles. The highest BCUT2D eigenvalue weighted by atomic mass is 16.5. The predicted molar refractivity (Wildman–Crippen MR) is 113 cm³/mol. The van der Waals surface area contributed by atoms with Crippen molar-refractivity contribution >= 4 is 17.6 Å². The van der Waals surface area contributed by atoms with E-state index in [4.69, 9.17) is 4.74 Å². The van der Waals surface area contributed by atoms with Crippen LogP contribution in [0.15, 0.2) is 42.7 Å². The van der Waals surface area contributed by atoms with Crippen molar-refractivity contribution in [1.82, 2.24) is 19.7 Å². The lowest BCUT2D eigenvalue weighted by Crippen LogP contribution is -2.59. The quantitative estimate of drug-likeness (QED) is 0.819. The van der Waals surface area contributed by atoms with Gasteiger partial charge in [0.15, 0.2) is 0 Å². The van der Waals surface area contributed by atoms with Crippen LogP contribution in [0, 0.1) is 0 Å². The molecule has 0 saturated carbocycles. The van der Waals surface area contributed by atoms with Crippen molar-refractivity contribution in [2.24, 2.45) is 0 Å². The van der Waals surface area contributed by atoms with Gasteiger partial charge < -0.3 is 19.9 Å². The van der Waals surface area contributed by atoms with E-state index in [9.17, 15) is 9.59 Å². The SMILES string of the molecule is C[C@@H](C(=O)N1CC(Oc2ccc(NC(=O)N3Cc4ccncc4C3)cc2)C1)N(C)C. The number of aromatic nitrogens is 1. The molecule has 8 nitrogen and oxygen atoms in total. The van der Waals surface area contributed by atoms with Gasteiger partial charge in [0, 0.05) is 31.2 Å². The average molecular weight is 409 g/mol. The number of carbonyl (C=O) groups is 2. The molecule has 1 atom stereocenters. The third-order valence-electron chi connectivity index (χ3n) is 5.71. The smallest absolute Gasteiger partial charge is 0.322 e. The highest BCUT2D eigenvalue weighted by Crippen LogP contribution is 2.24. The summed E-state index contributed by atoms with van der Waals surface area (Å²) in [6, 6.07) is 9.01. The van der Waals surface area contributed by atoms with Crippen molar-refractivity contribution in [3.8, 4) is 5.75 Å². The number of hydrogen-bond acceptors (Lipinski definition) is 5. The van der Waals surface area contributed by atoms with Gasteiger partial charge in [-0.25, -0.2) is 4.79 Å². The van der Waals surface area contributed by atoms with Crippen LogP contribution in [0.2, 0.25) is 0 Å². The molecule has 0 aliphatic carbocycles. The Balaban J connectivity index is 1.24. The minimum Gasteiger partial charge on any atom is -0.487 e. The zero-order valence-electron chi connectivity index (χ0n) is 17.5. The van der Waals surface area contributed by atoms with Gasteiger partial charge in [-0.05, 0) is 62.5 Å². The standard InChI is InChI=1S/C22H27N5O3/c1-15(25(2)3)21(28)26-13-20(14-26)30-19-6-4-18(5-7-19)24-22(29)27-11-16-8-9-23-10-17(16)12-27/h4-10,15,20H,11-14H2,1-3H3,(H,24,29)/t15-/m0/s1. The topological polar surface area (TPSA) is 78.0 Å². The molecular formula is C22H27N5O3. The molecule has 1 aromatic carbocycles. The molecule has 1 saturated heterocycles. The maximum atomic E-state index is 12.5. The van der Waals surface area contributed by atoms with Crippen LogP contribution in [0.3, 0.4) is 0 Å². The van der Waals surface area contributed by atoms with Gasteiger partial charge in [0.1, 0.15) is 11.9 Å². The summed E-state index contributed by atoms with van der Waals surface area (Å²) in [4.78, 5) is 34.4. The van der Waals surface area contributed by atoms with E-state index in [0.29, 0.717) is 31.9 Å². The second-order valence-corrected chi connectivity index (χ2v) is 8.08. The van der Waals surface area contributed by atoms with Crippen molar-refractivity contribution in [3.05, 3.63) is 53.9 Å². The van der Waals surface area contributed by atoms with E-state index in [2.05, 4.69) is 10.3 Å². The number of anilines is 1. The Kier molecular flexibility index (Phi) is 5.59. The summed E-state index contributed by atoms with van der Waals surface area (Å²) in [6.07, 6.45) is 3.56. The van der Waals surface area contributed by atoms with Gasteiger partial charge in [-0.2, -0.15) is 0 Å². The van der Waals surface area contributed by atoms with Crippen LogP contribution >= 0.6 is 0 Å². The number of likely N-dealkylation sites (tertiary alicyclic amines) is 1. The largest absolute Gasteiger partial charge is 0.487 e. The van der Waals surface area contributed by atoms with Crippen molar-refractivity contribution < 1.29 is 14.3 Å². The molecule has 0 bridgehead atoms. The van der Waals surface area contributed by atoms with Gasteiger partial charge in [-0.15, -0.1) is 0 Å². The molecule has 2 aliphatic heterocycles. The van der Waals surface area contributed by atoms with E-state index in [-0.39, 0.29) is 24.1 Å². The van der Waals surface area contributed by atoms with E-state index < -0.39 is 0 Å². The zero-order valence-corrected chi connectivity index (χ0v) is 17.5. The second-order valence-electron chi connectivity index (χ2n) is 8.08. The van der Waals surface area contributed by atoms with Crippen molar-refractivity contribution in [2.45, 2.75) is 32.2 Å². The number of benzene rings is 1. The van der Waals surface area contributed by atoms with Gasteiger partial charge >= 0.3 is 6.03 Å². The fourth-order valence-electron chi connectivity index (χ4n) is 3.55. The number of rotatable bonds is 5. The molecule has 0 radical (unpaired) electrons. The van der Waals surface area contributed by atoms with Crippen LogP contribution in [-0.4, -0.2) is 71.0 Å². The van der Waals surface area contributed by atoms with Crippen LogP contribution in [0.1, 0.15) is 18.1 Å². The predicted octanol–water partition coefficient (Wildman–Crippen LogP) is 2.17. The van der Waals surface area contributed by atoms with Crippen molar-refractivity contribution in [2.75, 3.05) is 32.5 Å². The molecule has 0 spiro atoms. The highest BCUT2D eigenvalue weighted by molar-refractivity contribution is 5.89. The third-order valence-corrected chi connectivity index (χ3v) is 5.71. The second kappa shape index (κ2) is 8.31. The van der Waals surface area contributed by atoms with Crippen molar-refractivity contribution in [3.63, 3.8) is 0 Å². The Morgan fingerprint density at radius 2 is 1.80 bits per heavy atom. The van der Waals surface area contributed by atoms with Gasteiger partial charge in [0.25, 0.3) is 0 Å². The Bertz CT molecular complexity index is 900. The Morgan fingerprint density at radius 3 is 2.47 bits per heavy atom. The number of nitrogens with one attached hydrogen (secondary N) is 1. The van der Waals surface area contributed by atoms with Gasteiger partial charge in [0.2, 0.25) is 5.91 Å². The maximum Gasteiger partial charge on any atom is 0.322 e. The fourth-order valence-corrected chi connectivity index (χ4v) is 3.55. The Hall–Kier alpha value is -3.13. The molecule has 8 heteroatoms. The monoisotopic (exact) mass is 409 g/mol. The summed E-state index contributed by atoms with van der Waals surface area (Å²) in [6.45, 7) is 4.26. The molecule has 1 aromatic heterocycles. The first-order chi connectivity index (χ1) is 14.4. The van der Waals surface area contributed by atoms with E-state index in [0.717, 1.165) is 16.9 Å². The summed E-state index contributed by atoms with van der Waals surface area (Å²) >= 11 is 0. The number of pyridine rings is 1. The number of likely N-dealkylation sites (N-methyl/N-ethyl adjacent to an activating group) is 1. The molecule has 3 amide bonds. The molecule has 1 fully saturated rings. The number of fused-ring (bicyclic) bond motifs is 1. The number of ether oxygens (including phenoxy) is 1. The minimum atomic E-state index is -0.136. The number of carbonyl (C=O) groups excluding carboxylic acids is 2. The number of hydrogen-bond donors (Lipinski definition) is 1. The summed E-state index contributed by atoms with van der Waals surface area (Å²) in [5, 5.41) is 2.93. The zero-order chi connectivity index (χ0) is 21.3. The van der Waals surface area contributed by atoms with Crippen LogP contribution in [-0.2, 0) is 17.9 Å². The normalized spacial score (nSPS) is 16.8. The van der Waals surface area contributed by atoms with Crippen molar-refractivity contribution in [1.29, 1.82) is 0 Å². The molecule has 2 aliphatic rings. The molecule has 1 N–H and O–H groups in total. The molecule has 158 valence electrons. The van der Waals surface area contributed by atoms with E-state index in [1.54, 1.807) is 11.1 Å². The first-order valence-corrected chi connectivity index (χ1v) is 10.1. The third kappa shape index (κ3) is 4.23. The van der Waals surface area contributed by atoms with E-state index in [1.165, 1.54) is 0 Å². The lowest BCUT2D eigenvalue weighted by atomic mass is 10.1. The van der Waals surface area contributed by atoms with Crippen LogP contribution < -0.4 is 10.1 Å². The average Bonchev–Trinajstić information content (AvgIpc) is 3.15. The summed E-state index contributed by atoms with van der Waals surface area (Å²) in [7, 11) is 3.80. The van der Waals surface area contributed by atoms with E-state index >= 15 is 0 Å². The van der Waals surface area contributed by atoms with Crippen LogP contribution in [0.25, 0.3) is 0 Å². The molecule has 0 unspecified atom stereocenters. The molecular weight excluding hydrogens is 382 g/mol. The molecule has 4 rings (SSSR count).